The molecule has 0 spiro atoms. The minimum atomic E-state index is -1.20. The number of hydrogen-bond acceptors (Lipinski definition) is 9. The molecular weight excluding hydrogens is 656 g/mol. The van der Waals surface area contributed by atoms with Gasteiger partial charge in [0.05, 0.1) is 24.6 Å². The van der Waals surface area contributed by atoms with Crippen molar-refractivity contribution >= 4 is 65.8 Å². The third kappa shape index (κ3) is 13.3. The molecule has 0 aliphatic heterocycles. The van der Waals surface area contributed by atoms with Crippen molar-refractivity contribution in [2.75, 3.05) is 42.7 Å². The van der Waals surface area contributed by atoms with E-state index in [0.29, 0.717) is 0 Å². The Balaban J connectivity index is 0.000000599. The summed E-state index contributed by atoms with van der Waals surface area (Å²) in [4.78, 5) is 56.5. The molecule has 46 heavy (non-hydrogen) atoms. The van der Waals surface area contributed by atoms with Crippen LogP contribution in [0.3, 0.4) is 0 Å². The largest absolute Gasteiger partial charge is 0.480 e. The van der Waals surface area contributed by atoms with Gasteiger partial charge in [0.1, 0.15) is 18.7 Å². The fourth-order valence-electron chi connectivity index (χ4n) is 3.98. The number of carboxylic acids is 2. The number of carbonyl (C=O) groups is 5. The zero-order valence-electron chi connectivity index (χ0n) is 24.6. The van der Waals surface area contributed by atoms with E-state index in [4.69, 9.17) is 28.4 Å². The van der Waals surface area contributed by atoms with Gasteiger partial charge in [-0.15, -0.1) is 48.8 Å². The second-order valence-corrected chi connectivity index (χ2v) is 11.4. The van der Waals surface area contributed by atoms with Crippen molar-refractivity contribution in [2.45, 2.75) is 18.0 Å². The fourth-order valence-corrected chi connectivity index (χ4v) is 5.65. The number of amides is 3. The van der Waals surface area contributed by atoms with E-state index in [-0.39, 0.29) is 72.8 Å². The number of terminal acetylenes is 2. The molecule has 0 radical (unpaired) electrons. The van der Waals surface area contributed by atoms with Crippen molar-refractivity contribution < 1.29 is 38.9 Å². The lowest BCUT2D eigenvalue weighted by Gasteiger charge is -2.17. The highest BCUT2D eigenvalue weighted by Gasteiger charge is 2.29. The maximum absolute atomic E-state index is 12.3. The first-order valence-electron chi connectivity index (χ1n) is 13.5. The van der Waals surface area contributed by atoms with Gasteiger partial charge >= 0.3 is 18.0 Å². The zero-order valence-corrected chi connectivity index (χ0v) is 27.1. The number of halogens is 1. The Morgan fingerprint density at radius 2 is 1.30 bits per heavy atom. The minimum Gasteiger partial charge on any atom is -0.480 e. The van der Waals surface area contributed by atoms with Crippen molar-refractivity contribution in [3.63, 3.8) is 0 Å². The number of alkyl carbamates (subject to hydrolysis) is 1. The van der Waals surface area contributed by atoms with E-state index in [0.717, 1.165) is 45.8 Å². The van der Waals surface area contributed by atoms with E-state index in [1.807, 2.05) is 48.5 Å². The highest BCUT2D eigenvalue weighted by molar-refractivity contribution is 8.00. The summed E-state index contributed by atoms with van der Waals surface area (Å²) < 4.78 is 5.38. The van der Waals surface area contributed by atoms with Crippen LogP contribution >= 0.6 is 35.9 Å². The van der Waals surface area contributed by atoms with Crippen LogP contribution in [0.5, 0.6) is 0 Å². The second-order valence-electron chi connectivity index (χ2n) is 9.30. The molecule has 15 heteroatoms. The molecule has 2 atom stereocenters. The third-order valence-electron chi connectivity index (χ3n) is 6.07. The van der Waals surface area contributed by atoms with Crippen LogP contribution in [0.15, 0.2) is 48.5 Å². The number of fused-ring (bicyclic) bond motifs is 3. The molecule has 1 aliphatic carbocycles. The Morgan fingerprint density at radius 3 is 1.76 bits per heavy atom. The number of rotatable bonds is 15. The van der Waals surface area contributed by atoms with Gasteiger partial charge < -0.3 is 36.6 Å². The third-order valence-corrected chi connectivity index (χ3v) is 8.17. The number of nitrogens with one attached hydrogen (secondary N) is 3. The maximum Gasteiger partial charge on any atom is 0.407 e. The first-order chi connectivity index (χ1) is 21.6. The minimum absolute atomic E-state index is 0. The quantitative estimate of drug-likeness (QED) is 0.149. The number of benzene rings is 2. The van der Waals surface area contributed by atoms with Gasteiger partial charge in [-0.1, -0.05) is 60.4 Å². The van der Waals surface area contributed by atoms with Gasteiger partial charge in [0.2, 0.25) is 11.8 Å². The number of aliphatic carboxylic acids is 2. The van der Waals surface area contributed by atoms with Crippen LogP contribution in [0.4, 0.5) is 4.79 Å². The summed E-state index contributed by atoms with van der Waals surface area (Å²) in [6.45, 7) is 0.387. The molecule has 0 heterocycles. The number of carboxylic acid groups (broad SMARTS) is 2. The monoisotopic (exact) mass is 690 g/mol. The molecule has 1 aliphatic rings. The molecule has 7 N–H and O–H groups in total. The van der Waals surface area contributed by atoms with Crippen molar-refractivity contribution in [3.8, 4) is 35.8 Å². The summed E-state index contributed by atoms with van der Waals surface area (Å²) in [5.41, 5.74) is 9.57. The average Bonchev–Trinajstić information content (AvgIpc) is 3.34. The maximum atomic E-state index is 12.3. The Morgan fingerprint density at radius 1 is 0.826 bits per heavy atom. The van der Waals surface area contributed by atoms with Crippen LogP contribution in [0.2, 0.25) is 0 Å². The fraction of sp³-hybridized carbons (Fsp3) is 0.323. The van der Waals surface area contributed by atoms with E-state index in [2.05, 4.69) is 27.8 Å². The van der Waals surface area contributed by atoms with Gasteiger partial charge in [-0.3, -0.25) is 14.4 Å². The first kappa shape index (κ1) is 39.7. The molecule has 2 aromatic rings. The van der Waals surface area contributed by atoms with Crippen LogP contribution in [-0.4, -0.2) is 94.9 Å². The van der Waals surface area contributed by atoms with Gasteiger partial charge in [-0.2, -0.15) is 0 Å². The predicted octanol–water partition coefficient (Wildman–Crippen LogP) is 1.76. The molecular formula is C31H35ClN4O8S2. The number of thioether (sulfide) groups is 2. The van der Waals surface area contributed by atoms with Crippen LogP contribution in [0, 0.1) is 24.7 Å². The van der Waals surface area contributed by atoms with Crippen molar-refractivity contribution in [2.24, 2.45) is 5.73 Å². The topological polar surface area (TPSA) is 197 Å². The Hall–Kier alpha value is -4.34. The SMILES string of the molecule is C#CCNC(=O)CSC[C@H](N)C(=O)O.C#CCNC(=O)CSC[C@H](NC(=O)OCC1c2ccccc2-c2ccccc21)C(=O)O.Cl. The normalized spacial score (nSPS) is 12.1. The van der Waals surface area contributed by atoms with Crippen LogP contribution in [-0.2, 0) is 23.9 Å². The number of hydrogen-bond donors (Lipinski definition) is 6. The van der Waals surface area contributed by atoms with E-state index in [1.165, 1.54) is 0 Å². The lowest BCUT2D eigenvalue weighted by atomic mass is 9.98. The van der Waals surface area contributed by atoms with Crippen LogP contribution < -0.4 is 21.7 Å². The van der Waals surface area contributed by atoms with Gasteiger partial charge in [-0.25, -0.2) is 9.59 Å². The molecule has 0 fully saturated rings. The van der Waals surface area contributed by atoms with Gasteiger partial charge in [-0.05, 0) is 22.3 Å². The van der Waals surface area contributed by atoms with Crippen molar-refractivity contribution in [1.29, 1.82) is 0 Å². The molecule has 0 bridgehead atoms. The van der Waals surface area contributed by atoms with E-state index in [9.17, 15) is 29.1 Å². The predicted molar refractivity (Wildman–Crippen MR) is 181 cm³/mol. The molecule has 0 saturated carbocycles. The standard InChI is InChI=1S/C23H22N2O5S.C8H12N2O3S.ClH/c1-2-11-24-21(26)14-31-13-20(22(27)28)25-23(29)30-12-19-17-9-5-3-7-15(17)16-8-4-6-10-18(16)19;1-2-3-10-7(11)5-14-4-6(9)8(12)13;/h1,3-10,19-20H,11-14H2,(H,24,26)(H,25,29)(H,27,28);1,6H,3-5,9H2,(H,10,11)(H,12,13);1H/t20-;6-;/m00./s1. The lowest BCUT2D eigenvalue weighted by Crippen LogP contribution is -2.43. The van der Waals surface area contributed by atoms with Gasteiger partial charge in [0.25, 0.3) is 0 Å². The second kappa shape index (κ2) is 21.4. The number of nitrogens with two attached hydrogens (primary N) is 1. The summed E-state index contributed by atoms with van der Waals surface area (Å²) in [7, 11) is 0. The summed E-state index contributed by atoms with van der Waals surface area (Å²) in [5.74, 6) is 2.07. The summed E-state index contributed by atoms with van der Waals surface area (Å²) >= 11 is 2.25. The molecule has 3 amide bonds. The van der Waals surface area contributed by atoms with E-state index >= 15 is 0 Å². The summed E-state index contributed by atoms with van der Waals surface area (Å²) in [6.07, 6.45) is 9.18. The van der Waals surface area contributed by atoms with Gasteiger partial charge in [0, 0.05) is 17.4 Å². The van der Waals surface area contributed by atoms with Crippen LogP contribution in [0.1, 0.15) is 17.0 Å². The van der Waals surface area contributed by atoms with Crippen LogP contribution in [0.25, 0.3) is 11.1 Å². The zero-order chi connectivity index (χ0) is 33.2. The summed E-state index contributed by atoms with van der Waals surface area (Å²) in [6, 6.07) is 13.8. The highest BCUT2D eigenvalue weighted by atomic mass is 35.5. The number of carbonyl (C=O) groups excluding carboxylic acids is 3. The Bertz CT molecular complexity index is 1400. The Kier molecular flexibility index (Phi) is 18.5. The van der Waals surface area contributed by atoms with Gasteiger partial charge in [0.15, 0.2) is 0 Å². The highest BCUT2D eigenvalue weighted by Crippen LogP contribution is 2.44. The summed E-state index contributed by atoms with van der Waals surface area (Å²) in [5, 5.41) is 25.1. The molecule has 2 aromatic carbocycles. The smallest absolute Gasteiger partial charge is 0.407 e. The first-order valence-corrected chi connectivity index (χ1v) is 15.8. The molecule has 0 saturated heterocycles. The van der Waals surface area contributed by atoms with E-state index < -0.39 is 30.1 Å². The Labute approximate surface area is 281 Å². The van der Waals surface area contributed by atoms with Crippen molar-refractivity contribution in [3.05, 3.63) is 59.7 Å². The van der Waals surface area contributed by atoms with Crippen molar-refractivity contribution in [1.82, 2.24) is 16.0 Å². The molecule has 0 aromatic heterocycles. The lowest BCUT2D eigenvalue weighted by molar-refractivity contribution is -0.139. The molecule has 3 rings (SSSR count). The molecule has 246 valence electrons. The van der Waals surface area contributed by atoms with E-state index in [1.54, 1.807) is 0 Å². The molecule has 0 unspecified atom stereocenters. The number of ether oxygens (including phenoxy) is 1. The average molecular weight is 691 g/mol. The molecule has 12 nitrogen and oxygen atoms in total.